The zero-order valence-electron chi connectivity index (χ0n) is 10.4. The fourth-order valence-electron chi connectivity index (χ4n) is 2.12. The second-order valence-corrected chi connectivity index (χ2v) is 4.53. The molecule has 0 unspecified atom stereocenters. The monoisotopic (exact) mass is 249 g/mol. The summed E-state index contributed by atoms with van der Waals surface area (Å²) in [6, 6.07) is 5.33. The van der Waals surface area contributed by atoms with Gasteiger partial charge in [-0.2, -0.15) is 0 Å². The number of rotatable bonds is 4. The van der Waals surface area contributed by atoms with Gasteiger partial charge in [-0.1, -0.05) is 0 Å². The van der Waals surface area contributed by atoms with E-state index in [4.69, 9.17) is 16.2 Å². The number of benzene rings is 1. The Morgan fingerprint density at radius 2 is 2.00 bits per heavy atom. The second kappa shape index (κ2) is 5.84. The van der Waals surface area contributed by atoms with Crippen molar-refractivity contribution >= 4 is 11.6 Å². The number of anilines is 1. The van der Waals surface area contributed by atoms with E-state index in [1.54, 1.807) is 6.07 Å². The van der Waals surface area contributed by atoms with E-state index in [-0.39, 0.29) is 0 Å². The third-order valence-electron chi connectivity index (χ3n) is 3.12. The lowest BCUT2D eigenvalue weighted by atomic mass is 10.1. The van der Waals surface area contributed by atoms with Crippen molar-refractivity contribution in [3.05, 3.63) is 29.3 Å². The van der Waals surface area contributed by atoms with Crippen LogP contribution in [0.1, 0.15) is 15.9 Å². The number of primary amides is 1. The first kappa shape index (κ1) is 12.9. The van der Waals surface area contributed by atoms with Crippen LogP contribution in [0.15, 0.2) is 18.2 Å². The van der Waals surface area contributed by atoms with Crippen LogP contribution >= 0.6 is 0 Å². The fraction of sp³-hybridized carbons (Fsp3) is 0.462. The zero-order valence-corrected chi connectivity index (χ0v) is 10.4. The maximum absolute atomic E-state index is 11.2. The Morgan fingerprint density at radius 1 is 1.28 bits per heavy atom. The van der Waals surface area contributed by atoms with E-state index < -0.39 is 5.91 Å². The van der Waals surface area contributed by atoms with E-state index in [9.17, 15) is 4.79 Å². The van der Waals surface area contributed by atoms with Crippen molar-refractivity contribution in [2.24, 2.45) is 5.73 Å². The molecule has 1 heterocycles. The highest BCUT2D eigenvalue weighted by Gasteiger charge is 2.10. The van der Waals surface area contributed by atoms with Gasteiger partial charge in [0, 0.05) is 30.9 Å². The summed E-state index contributed by atoms with van der Waals surface area (Å²) in [6.45, 7) is 4.47. The van der Waals surface area contributed by atoms with Gasteiger partial charge < -0.3 is 16.2 Å². The number of ether oxygens (including phenoxy) is 1. The van der Waals surface area contributed by atoms with Crippen molar-refractivity contribution in [3.63, 3.8) is 0 Å². The van der Waals surface area contributed by atoms with Crippen molar-refractivity contribution in [3.8, 4) is 0 Å². The lowest BCUT2D eigenvalue weighted by molar-refractivity contribution is 0.0384. The molecular weight excluding hydrogens is 230 g/mol. The molecule has 1 aliphatic heterocycles. The summed E-state index contributed by atoms with van der Waals surface area (Å²) in [5.41, 5.74) is 13.1. The van der Waals surface area contributed by atoms with Crippen LogP contribution in [0.5, 0.6) is 0 Å². The maximum Gasteiger partial charge on any atom is 0.248 e. The van der Waals surface area contributed by atoms with Crippen LogP contribution in [0.25, 0.3) is 0 Å². The Labute approximate surface area is 107 Å². The number of hydrogen-bond donors (Lipinski definition) is 2. The fourth-order valence-corrected chi connectivity index (χ4v) is 2.12. The second-order valence-electron chi connectivity index (χ2n) is 4.53. The number of nitrogens with zero attached hydrogens (tertiary/aromatic N) is 1. The molecule has 5 nitrogen and oxygen atoms in total. The van der Waals surface area contributed by atoms with Gasteiger partial charge in [0.05, 0.1) is 13.2 Å². The molecule has 5 heteroatoms. The molecule has 98 valence electrons. The van der Waals surface area contributed by atoms with E-state index in [0.717, 1.165) is 44.8 Å². The number of hydrogen-bond acceptors (Lipinski definition) is 4. The minimum absolute atomic E-state index is 0.435. The van der Waals surface area contributed by atoms with Gasteiger partial charge in [0.1, 0.15) is 0 Å². The van der Waals surface area contributed by atoms with Crippen molar-refractivity contribution in [1.82, 2.24) is 4.90 Å². The summed E-state index contributed by atoms with van der Waals surface area (Å²) in [4.78, 5) is 13.5. The molecule has 0 bridgehead atoms. The third kappa shape index (κ3) is 3.45. The van der Waals surface area contributed by atoms with Crippen LogP contribution in [0.4, 0.5) is 5.69 Å². The van der Waals surface area contributed by atoms with Gasteiger partial charge in [-0.3, -0.25) is 9.69 Å². The van der Waals surface area contributed by atoms with Crippen LogP contribution in [0.2, 0.25) is 0 Å². The molecule has 0 aliphatic carbocycles. The van der Waals surface area contributed by atoms with Crippen LogP contribution < -0.4 is 11.5 Å². The van der Waals surface area contributed by atoms with Gasteiger partial charge in [-0.15, -0.1) is 0 Å². The largest absolute Gasteiger partial charge is 0.399 e. The Bertz CT molecular complexity index is 428. The van der Waals surface area contributed by atoms with Crippen LogP contribution in [-0.2, 0) is 11.2 Å². The Balaban J connectivity index is 1.97. The predicted molar refractivity (Wildman–Crippen MR) is 70.3 cm³/mol. The molecule has 18 heavy (non-hydrogen) atoms. The number of carbonyl (C=O) groups excluding carboxylic acids is 1. The average molecular weight is 249 g/mol. The van der Waals surface area contributed by atoms with E-state index in [1.165, 1.54) is 0 Å². The minimum atomic E-state index is -0.435. The summed E-state index contributed by atoms with van der Waals surface area (Å²) >= 11 is 0. The Hall–Kier alpha value is -1.59. The van der Waals surface area contributed by atoms with Crippen molar-refractivity contribution in [2.75, 3.05) is 38.6 Å². The smallest absolute Gasteiger partial charge is 0.248 e. The highest BCUT2D eigenvalue weighted by molar-refractivity contribution is 5.93. The van der Waals surface area contributed by atoms with E-state index >= 15 is 0 Å². The predicted octanol–water partition coefficient (Wildman–Crippen LogP) is 0.242. The van der Waals surface area contributed by atoms with Crippen LogP contribution in [0, 0.1) is 0 Å². The zero-order chi connectivity index (χ0) is 13.0. The molecule has 0 radical (unpaired) electrons. The van der Waals surface area contributed by atoms with Crippen LogP contribution in [-0.4, -0.2) is 43.7 Å². The molecular formula is C13H19N3O2. The number of carbonyl (C=O) groups is 1. The van der Waals surface area contributed by atoms with E-state index in [0.29, 0.717) is 11.3 Å². The Morgan fingerprint density at radius 3 is 2.67 bits per heavy atom. The van der Waals surface area contributed by atoms with Crippen LogP contribution in [0.3, 0.4) is 0 Å². The molecule has 2 rings (SSSR count). The molecule has 1 amide bonds. The number of amides is 1. The highest BCUT2D eigenvalue weighted by atomic mass is 16.5. The summed E-state index contributed by atoms with van der Waals surface area (Å²) < 4.78 is 5.30. The number of nitrogen functional groups attached to an aromatic ring is 1. The standard InChI is InChI=1S/C13H19N3O2/c14-12-8-10(7-11(9-12)13(15)17)1-2-16-3-5-18-6-4-16/h7-9H,1-6,14H2,(H2,15,17). The van der Waals surface area contributed by atoms with Gasteiger partial charge >= 0.3 is 0 Å². The molecule has 0 atom stereocenters. The van der Waals surface area contributed by atoms with Crippen molar-refractivity contribution in [2.45, 2.75) is 6.42 Å². The average Bonchev–Trinajstić information content (AvgIpc) is 2.37. The van der Waals surface area contributed by atoms with Crippen molar-refractivity contribution in [1.29, 1.82) is 0 Å². The number of morpholine rings is 1. The lowest BCUT2D eigenvalue weighted by Crippen LogP contribution is -2.37. The SMILES string of the molecule is NC(=O)c1cc(N)cc(CCN2CCOCC2)c1. The first-order chi connectivity index (χ1) is 8.65. The summed E-state index contributed by atoms with van der Waals surface area (Å²) in [7, 11) is 0. The lowest BCUT2D eigenvalue weighted by Gasteiger charge is -2.26. The molecule has 0 aromatic heterocycles. The van der Waals surface area contributed by atoms with Gasteiger partial charge in [0.15, 0.2) is 0 Å². The molecule has 1 aromatic carbocycles. The first-order valence-corrected chi connectivity index (χ1v) is 6.14. The molecule has 1 aliphatic rings. The quantitative estimate of drug-likeness (QED) is 0.749. The Kier molecular flexibility index (Phi) is 4.17. The summed E-state index contributed by atoms with van der Waals surface area (Å²) in [6.07, 6.45) is 0.866. The summed E-state index contributed by atoms with van der Waals surface area (Å²) in [5, 5.41) is 0. The molecule has 1 fully saturated rings. The minimum Gasteiger partial charge on any atom is -0.399 e. The van der Waals surface area contributed by atoms with Gasteiger partial charge in [-0.05, 0) is 30.2 Å². The van der Waals surface area contributed by atoms with E-state index in [1.807, 2.05) is 12.1 Å². The van der Waals surface area contributed by atoms with Gasteiger partial charge in [0.25, 0.3) is 0 Å². The highest BCUT2D eigenvalue weighted by Crippen LogP contribution is 2.13. The summed E-state index contributed by atoms with van der Waals surface area (Å²) in [5.74, 6) is -0.435. The van der Waals surface area contributed by atoms with Gasteiger partial charge in [-0.25, -0.2) is 0 Å². The molecule has 1 aromatic rings. The maximum atomic E-state index is 11.2. The normalized spacial score (nSPS) is 16.7. The topological polar surface area (TPSA) is 81.6 Å². The molecule has 0 saturated carbocycles. The third-order valence-corrected chi connectivity index (χ3v) is 3.12. The molecule has 0 spiro atoms. The van der Waals surface area contributed by atoms with E-state index in [2.05, 4.69) is 4.90 Å². The number of nitrogens with two attached hydrogens (primary N) is 2. The van der Waals surface area contributed by atoms with Gasteiger partial charge in [0.2, 0.25) is 5.91 Å². The first-order valence-electron chi connectivity index (χ1n) is 6.14. The molecule has 1 saturated heterocycles. The van der Waals surface area contributed by atoms with Crippen molar-refractivity contribution < 1.29 is 9.53 Å². The molecule has 4 N–H and O–H groups in total.